The van der Waals surface area contributed by atoms with Gasteiger partial charge in [0, 0.05) is 23.9 Å². The number of nitro benzene ring substituents is 1. The Hall–Kier alpha value is -2.08. The lowest BCUT2D eigenvalue weighted by atomic mass is 10.2. The van der Waals surface area contributed by atoms with E-state index in [1.54, 1.807) is 19.2 Å². The third kappa shape index (κ3) is 3.27. The van der Waals surface area contributed by atoms with Crippen LogP contribution in [0.5, 0.6) is 5.75 Å². The summed E-state index contributed by atoms with van der Waals surface area (Å²) >= 11 is 3.16. The molecule has 20 heavy (non-hydrogen) atoms. The van der Waals surface area contributed by atoms with Crippen LogP contribution in [0.1, 0.15) is 5.56 Å². The third-order valence-corrected chi connectivity index (χ3v) is 3.49. The van der Waals surface area contributed by atoms with Crippen LogP contribution >= 0.6 is 15.9 Å². The number of halogens is 1. The molecule has 0 saturated heterocycles. The first-order valence-corrected chi connectivity index (χ1v) is 6.71. The topological polar surface area (TPSA) is 64.4 Å². The lowest BCUT2D eigenvalue weighted by Gasteiger charge is -2.10. The smallest absolute Gasteiger partial charge is 0.285 e. The summed E-state index contributed by atoms with van der Waals surface area (Å²) < 4.78 is 5.72. The summed E-state index contributed by atoms with van der Waals surface area (Å²) in [5.41, 5.74) is 1.71. The number of hydrogen-bond donors (Lipinski definition) is 1. The average Bonchev–Trinajstić information content (AvgIpc) is 2.46. The number of nitrogens with zero attached hydrogens (tertiary/aromatic N) is 1. The molecule has 0 aliphatic rings. The first kappa shape index (κ1) is 14.3. The van der Waals surface area contributed by atoms with E-state index in [0.717, 1.165) is 11.3 Å². The minimum absolute atomic E-state index is 0.0371. The minimum Gasteiger partial charge on any atom is -0.496 e. The fraction of sp³-hybridized carbons (Fsp3) is 0.143. The lowest BCUT2D eigenvalue weighted by molar-refractivity contribution is -0.385. The van der Waals surface area contributed by atoms with Gasteiger partial charge in [-0.25, -0.2) is 0 Å². The van der Waals surface area contributed by atoms with E-state index in [1.807, 2.05) is 24.3 Å². The lowest BCUT2D eigenvalue weighted by Crippen LogP contribution is -2.02. The number of ether oxygens (including phenoxy) is 1. The van der Waals surface area contributed by atoms with Crippen LogP contribution in [0.2, 0.25) is 0 Å². The monoisotopic (exact) mass is 336 g/mol. The maximum Gasteiger partial charge on any atom is 0.285 e. The predicted molar refractivity (Wildman–Crippen MR) is 81.1 cm³/mol. The number of nitrogens with one attached hydrogen (secondary N) is 1. The summed E-state index contributed by atoms with van der Waals surface area (Å²) in [6.45, 7) is 0.531. The van der Waals surface area contributed by atoms with Crippen molar-refractivity contribution in [2.24, 2.45) is 0 Å². The number of hydrogen-bond acceptors (Lipinski definition) is 4. The van der Waals surface area contributed by atoms with E-state index >= 15 is 0 Å². The highest BCUT2D eigenvalue weighted by molar-refractivity contribution is 9.10. The molecule has 0 aromatic heterocycles. The van der Waals surface area contributed by atoms with Crippen LogP contribution in [0.25, 0.3) is 0 Å². The molecule has 104 valence electrons. The van der Waals surface area contributed by atoms with Crippen LogP contribution in [-0.4, -0.2) is 12.0 Å². The van der Waals surface area contributed by atoms with Crippen molar-refractivity contribution in [3.05, 3.63) is 62.6 Å². The van der Waals surface area contributed by atoms with Crippen molar-refractivity contribution in [1.29, 1.82) is 0 Å². The van der Waals surface area contributed by atoms with E-state index in [1.165, 1.54) is 6.07 Å². The van der Waals surface area contributed by atoms with Gasteiger partial charge in [0.15, 0.2) is 0 Å². The quantitative estimate of drug-likeness (QED) is 0.662. The van der Waals surface area contributed by atoms with Crippen LogP contribution in [-0.2, 0) is 6.54 Å². The highest BCUT2D eigenvalue weighted by atomic mass is 79.9. The summed E-state index contributed by atoms with van der Waals surface area (Å²) in [7, 11) is 1.61. The van der Waals surface area contributed by atoms with Gasteiger partial charge in [0.2, 0.25) is 0 Å². The first-order chi connectivity index (χ1) is 9.61. The maximum atomic E-state index is 10.9. The number of rotatable bonds is 5. The van der Waals surface area contributed by atoms with Crippen molar-refractivity contribution in [2.75, 3.05) is 12.4 Å². The number of para-hydroxylation sites is 1. The maximum absolute atomic E-state index is 10.9. The van der Waals surface area contributed by atoms with E-state index in [4.69, 9.17) is 4.74 Å². The summed E-state index contributed by atoms with van der Waals surface area (Å²) in [6, 6.07) is 12.6. The molecule has 6 heteroatoms. The van der Waals surface area contributed by atoms with Crippen LogP contribution in [0.3, 0.4) is 0 Å². The van der Waals surface area contributed by atoms with Crippen molar-refractivity contribution < 1.29 is 9.66 Å². The first-order valence-electron chi connectivity index (χ1n) is 5.91. The zero-order valence-corrected chi connectivity index (χ0v) is 12.4. The molecule has 1 N–H and O–H groups in total. The van der Waals surface area contributed by atoms with Gasteiger partial charge in [-0.1, -0.05) is 18.2 Å². The second-order valence-corrected chi connectivity index (χ2v) is 4.94. The number of anilines is 1. The Morgan fingerprint density at radius 1 is 1.30 bits per heavy atom. The van der Waals surface area contributed by atoms with Crippen molar-refractivity contribution >= 4 is 27.3 Å². The molecule has 0 aliphatic heterocycles. The van der Waals surface area contributed by atoms with Crippen molar-refractivity contribution in [3.63, 3.8) is 0 Å². The van der Waals surface area contributed by atoms with Crippen LogP contribution < -0.4 is 10.1 Å². The van der Waals surface area contributed by atoms with Crippen molar-refractivity contribution in [2.45, 2.75) is 6.54 Å². The Morgan fingerprint density at radius 2 is 2.05 bits per heavy atom. The van der Waals surface area contributed by atoms with Gasteiger partial charge in [0.25, 0.3) is 5.69 Å². The molecule has 0 unspecified atom stereocenters. The Labute approximate surface area is 124 Å². The molecule has 0 aliphatic carbocycles. The molecule has 0 spiro atoms. The van der Waals surface area contributed by atoms with E-state index in [9.17, 15) is 10.1 Å². The molecule has 0 radical (unpaired) electrons. The molecule has 0 atom stereocenters. The standard InChI is InChI=1S/C14H13BrN2O3/c1-20-14-5-3-2-4-10(14)9-16-11-6-7-12(15)13(8-11)17(18)19/h2-8,16H,9H2,1H3. The largest absolute Gasteiger partial charge is 0.496 e. The zero-order valence-electron chi connectivity index (χ0n) is 10.8. The Morgan fingerprint density at radius 3 is 2.75 bits per heavy atom. The van der Waals surface area contributed by atoms with Crippen LogP contribution in [0.4, 0.5) is 11.4 Å². The number of benzene rings is 2. The Bertz CT molecular complexity index is 632. The molecule has 0 saturated carbocycles. The fourth-order valence-corrected chi connectivity index (χ4v) is 2.20. The summed E-state index contributed by atoms with van der Waals surface area (Å²) in [5, 5.41) is 14.0. The number of methoxy groups -OCH3 is 1. The molecular formula is C14H13BrN2O3. The van der Waals surface area contributed by atoms with E-state index < -0.39 is 4.92 Å². The van der Waals surface area contributed by atoms with Crippen molar-refractivity contribution in [1.82, 2.24) is 0 Å². The van der Waals surface area contributed by atoms with Gasteiger partial charge in [-0.15, -0.1) is 0 Å². The van der Waals surface area contributed by atoms with E-state index in [0.29, 0.717) is 16.7 Å². The second kappa shape index (κ2) is 6.38. The Kier molecular flexibility index (Phi) is 4.57. The predicted octanol–water partition coefficient (Wildman–Crippen LogP) is 3.98. The van der Waals surface area contributed by atoms with Crippen LogP contribution in [0.15, 0.2) is 46.9 Å². The summed E-state index contributed by atoms with van der Waals surface area (Å²) in [6.07, 6.45) is 0. The Balaban J connectivity index is 2.15. The second-order valence-electron chi connectivity index (χ2n) is 4.09. The molecule has 0 bridgehead atoms. The van der Waals surface area contributed by atoms with Gasteiger partial charge in [-0.3, -0.25) is 10.1 Å². The highest BCUT2D eigenvalue weighted by Crippen LogP contribution is 2.28. The van der Waals surface area contributed by atoms with E-state index in [-0.39, 0.29) is 5.69 Å². The molecule has 0 amide bonds. The number of nitro groups is 1. The van der Waals surface area contributed by atoms with Gasteiger partial charge in [0.05, 0.1) is 16.5 Å². The minimum atomic E-state index is -0.418. The van der Waals surface area contributed by atoms with Gasteiger partial charge in [-0.2, -0.15) is 0 Å². The van der Waals surface area contributed by atoms with Gasteiger partial charge in [-0.05, 0) is 34.1 Å². The highest BCUT2D eigenvalue weighted by Gasteiger charge is 2.12. The van der Waals surface area contributed by atoms with Gasteiger partial charge in [0.1, 0.15) is 5.75 Å². The summed E-state index contributed by atoms with van der Waals surface area (Å²) in [4.78, 5) is 10.5. The fourth-order valence-electron chi connectivity index (χ4n) is 1.81. The molecule has 2 rings (SSSR count). The molecule has 0 fully saturated rings. The average molecular weight is 337 g/mol. The SMILES string of the molecule is COc1ccccc1CNc1ccc(Br)c([N+](=O)[O-])c1. The molecule has 2 aromatic carbocycles. The molecular weight excluding hydrogens is 324 g/mol. The third-order valence-electron chi connectivity index (χ3n) is 2.82. The van der Waals surface area contributed by atoms with Crippen LogP contribution in [0, 0.1) is 10.1 Å². The molecule has 0 heterocycles. The van der Waals surface area contributed by atoms with E-state index in [2.05, 4.69) is 21.2 Å². The molecule has 5 nitrogen and oxygen atoms in total. The molecule has 2 aromatic rings. The van der Waals surface area contributed by atoms with Gasteiger partial charge < -0.3 is 10.1 Å². The summed E-state index contributed by atoms with van der Waals surface area (Å²) in [5.74, 6) is 0.784. The zero-order chi connectivity index (χ0) is 14.5. The van der Waals surface area contributed by atoms with Crippen molar-refractivity contribution in [3.8, 4) is 5.75 Å². The normalized spacial score (nSPS) is 10.1. The van der Waals surface area contributed by atoms with Gasteiger partial charge >= 0.3 is 0 Å².